The van der Waals surface area contributed by atoms with Gasteiger partial charge >= 0.3 is 18.4 Å². The molecular weight excluding hydrogens is 943 g/mol. The van der Waals surface area contributed by atoms with Gasteiger partial charge in [-0.15, -0.1) is 0 Å². The number of anilines is 4. The third-order valence-electron chi connectivity index (χ3n) is 12.4. The number of fused-ring (bicyclic) bond motifs is 3. The highest BCUT2D eigenvalue weighted by Gasteiger charge is 2.50. The van der Waals surface area contributed by atoms with Crippen molar-refractivity contribution in [2.45, 2.75) is 103 Å². The molecule has 7 heterocycles. The van der Waals surface area contributed by atoms with Crippen LogP contribution in [0.3, 0.4) is 0 Å². The van der Waals surface area contributed by atoms with Crippen LogP contribution < -0.4 is 25.8 Å². The second kappa shape index (κ2) is 19.7. The van der Waals surface area contributed by atoms with Gasteiger partial charge in [-0.25, -0.2) is 29.7 Å². The van der Waals surface area contributed by atoms with Crippen molar-refractivity contribution >= 4 is 51.7 Å². The molecule has 9 rings (SSSR count). The fourth-order valence-electron chi connectivity index (χ4n) is 8.62. The Morgan fingerprint density at radius 2 is 1.54 bits per heavy atom. The van der Waals surface area contributed by atoms with Gasteiger partial charge in [0.05, 0.1) is 47.1 Å². The fourth-order valence-corrected chi connectivity index (χ4v) is 8.62. The number of hydrogen-bond acceptors (Lipinski definition) is 15. The summed E-state index contributed by atoms with van der Waals surface area (Å²) >= 11 is 0. The predicted octanol–water partition coefficient (Wildman–Crippen LogP) is 7.69. The fraction of sp³-hybridized carbons (Fsp3) is 0.468. The molecule has 1 saturated carbocycles. The Balaban J connectivity index is 0.000000216. The minimum Gasteiger partial charge on any atom is -0.444 e. The Hall–Kier alpha value is -6.95. The molecule has 71 heavy (non-hydrogen) atoms. The van der Waals surface area contributed by atoms with Gasteiger partial charge in [-0.1, -0.05) is 12.1 Å². The molecule has 2 atom stereocenters. The monoisotopic (exact) mass is 994 g/mol. The minimum atomic E-state index is -4.66. The third kappa shape index (κ3) is 11.5. The van der Waals surface area contributed by atoms with E-state index >= 15 is 0 Å². The van der Waals surface area contributed by atoms with E-state index < -0.39 is 47.6 Å². The number of nitrogen functional groups attached to an aromatic ring is 1. The number of aryl methyl sites for hydroxylation is 2. The average Bonchev–Trinajstić information content (AvgIpc) is 4.04. The molecule has 3 N–H and O–H groups in total. The van der Waals surface area contributed by atoms with Crippen LogP contribution in [0.15, 0.2) is 54.9 Å². The van der Waals surface area contributed by atoms with Crippen molar-refractivity contribution in [2.75, 3.05) is 59.7 Å². The Bertz CT molecular complexity index is 2820. The van der Waals surface area contributed by atoms with Crippen molar-refractivity contribution in [1.29, 1.82) is 0 Å². The lowest BCUT2D eigenvalue weighted by Gasteiger charge is -2.42. The zero-order valence-electron chi connectivity index (χ0n) is 39.5. The highest BCUT2D eigenvalue weighted by Crippen LogP contribution is 2.38. The molecule has 3 fully saturated rings. The molecule has 0 radical (unpaired) electrons. The van der Waals surface area contributed by atoms with Crippen LogP contribution in [0.25, 0.3) is 10.9 Å². The van der Waals surface area contributed by atoms with E-state index in [2.05, 4.69) is 30.2 Å². The summed E-state index contributed by atoms with van der Waals surface area (Å²) < 4.78 is 91.5. The lowest BCUT2D eigenvalue weighted by Crippen LogP contribution is -2.61. The lowest BCUT2D eigenvalue weighted by molar-refractivity contribution is -0.385. The first-order valence-electron chi connectivity index (χ1n) is 22.8. The number of piperazine rings is 2. The largest absolute Gasteiger partial charge is 0.444 e. The van der Waals surface area contributed by atoms with Crippen LogP contribution in [-0.2, 0) is 29.2 Å². The molecule has 2 unspecified atom stereocenters. The molecule has 2 saturated heterocycles. The number of rotatable bonds is 8. The zero-order chi connectivity index (χ0) is 51.2. The number of ether oxygens (including phenoxy) is 2. The Morgan fingerprint density at radius 1 is 0.873 bits per heavy atom. The molecule has 3 aliphatic heterocycles. The van der Waals surface area contributed by atoms with Crippen molar-refractivity contribution in [3.8, 4) is 0 Å². The maximum Gasteiger partial charge on any atom is 0.410 e. The van der Waals surface area contributed by atoms with E-state index in [0.29, 0.717) is 64.7 Å². The van der Waals surface area contributed by atoms with Crippen molar-refractivity contribution in [2.24, 2.45) is 0 Å². The first-order chi connectivity index (χ1) is 33.4. The first kappa shape index (κ1) is 50.4. The van der Waals surface area contributed by atoms with Gasteiger partial charge in [0.15, 0.2) is 0 Å². The lowest BCUT2D eigenvalue weighted by atomic mass is 10.0. The van der Waals surface area contributed by atoms with Crippen LogP contribution in [0.4, 0.5) is 60.0 Å². The van der Waals surface area contributed by atoms with E-state index in [1.165, 1.54) is 24.0 Å². The number of carbonyl (C=O) groups is 2. The van der Waals surface area contributed by atoms with E-state index in [0.717, 1.165) is 40.7 Å². The average molecular weight is 995 g/mol. The Kier molecular flexibility index (Phi) is 14.0. The van der Waals surface area contributed by atoms with Crippen LogP contribution in [-0.4, -0.2) is 116 Å². The van der Waals surface area contributed by atoms with Crippen LogP contribution in [0, 0.1) is 24.0 Å². The van der Waals surface area contributed by atoms with E-state index in [1.807, 2.05) is 18.2 Å². The van der Waals surface area contributed by atoms with E-state index in [1.54, 1.807) is 62.0 Å². The summed E-state index contributed by atoms with van der Waals surface area (Å²) in [5, 5.41) is 14.4. The van der Waals surface area contributed by atoms with Gasteiger partial charge in [0.25, 0.3) is 11.6 Å². The van der Waals surface area contributed by atoms with Gasteiger partial charge in [0.1, 0.15) is 46.7 Å². The smallest absolute Gasteiger partial charge is 0.410 e. The molecule has 4 aliphatic rings. The number of nitro groups is 1. The predicted molar refractivity (Wildman–Crippen MR) is 249 cm³/mol. The van der Waals surface area contributed by atoms with Crippen molar-refractivity contribution in [3.63, 3.8) is 0 Å². The molecule has 18 nitrogen and oxygen atoms in total. The molecule has 0 bridgehead atoms. The summed E-state index contributed by atoms with van der Waals surface area (Å²) in [5.41, 5.74) is 10.0. The summed E-state index contributed by atoms with van der Waals surface area (Å²) in [5.74, 6) is 1.81. The van der Waals surface area contributed by atoms with Gasteiger partial charge in [0.2, 0.25) is 0 Å². The number of nitrogens with zero attached hydrogens (tertiary/aromatic N) is 10. The van der Waals surface area contributed by atoms with Crippen molar-refractivity contribution in [1.82, 2.24) is 35.1 Å². The molecular formula is C47H52F6N12O6. The number of benzene rings is 1. The number of halogens is 6. The maximum atomic E-state index is 14.0. The first-order valence-corrected chi connectivity index (χ1v) is 22.8. The second-order valence-corrected chi connectivity index (χ2v) is 18.8. The number of hydrogen-bond donors (Lipinski definition) is 2. The molecule has 0 spiro atoms. The molecule has 378 valence electrons. The molecule has 1 aliphatic carbocycles. The van der Waals surface area contributed by atoms with E-state index in [-0.39, 0.29) is 55.8 Å². The van der Waals surface area contributed by atoms with Crippen LogP contribution in [0.5, 0.6) is 0 Å². The number of aromatic nitrogens is 5. The molecule has 2 amide bonds. The van der Waals surface area contributed by atoms with Gasteiger partial charge in [0, 0.05) is 74.6 Å². The summed E-state index contributed by atoms with van der Waals surface area (Å²) in [6.45, 7) is 8.65. The molecule has 5 aromatic rings. The van der Waals surface area contributed by atoms with Crippen molar-refractivity contribution in [3.05, 3.63) is 104 Å². The Morgan fingerprint density at radius 3 is 2.15 bits per heavy atom. The summed E-state index contributed by atoms with van der Waals surface area (Å²) in [4.78, 5) is 63.9. The standard InChI is InChI=1S/C31H31F3N8O2.C16H21F3N4O4/c1-17-25(6-7-27(39-17)41-9-8-36-26(14-41)31(32,33)34)42(30(43)20-11-37-29(38-12-20)19-3-4-19)13-18-2-5-21-22-15-44-16-23(22)28(35)40-24(21)10-18;1-10-11(23(25)26)5-6-13(20-10)21-7-8-22(12(9-21)16(17,18)19)14(24)27-15(2,3)4/h2,5-7,10-12,19,26,36H,3-4,8-9,13-16H2,1H3,(H2,35,40);5-6,12H,7-9H2,1-4H3. The zero-order valence-corrected chi connectivity index (χ0v) is 39.5. The highest BCUT2D eigenvalue weighted by molar-refractivity contribution is 6.06. The normalized spacial score (nSPS) is 18.4. The number of alkyl halides is 6. The SMILES string of the molecule is Cc1nc(N2CCN(C(=O)OC(C)(C)C)C(C(F)(F)F)C2)ccc1[N+](=O)[O-].Cc1nc(N2CCNC(C(F)(F)F)C2)ccc1N(Cc1ccc2c3c(c(N)nc2c1)COC3)C(=O)c1cnc(C2CC2)nc1. The molecule has 1 aromatic carbocycles. The van der Waals surface area contributed by atoms with Crippen LogP contribution in [0.2, 0.25) is 0 Å². The van der Waals surface area contributed by atoms with Gasteiger partial charge in [-0.05, 0) is 82.9 Å². The number of carbonyl (C=O) groups excluding carboxylic acids is 2. The number of nitrogens with two attached hydrogens (primary N) is 1. The van der Waals surface area contributed by atoms with Crippen LogP contribution >= 0.6 is 0 Å². The second-order valence-electron chi connectivity index (χ2n) is 18.8. The van der Waals surface area contributed by atoms with Gasteiger partial charge < -0.3 is 35.2 Å². The maximum absolute atomic E-state index is 14.0. The Labute approximate surface area is 403 Å². The number of amides is 2. The topological polar surface area (TPSA) is 211 Å². The van der Waals surface area contributed by atoms with Crippen LogP contribution in [0.1, 0.15) is 83.8 Å². The molecule has 4 aromatic heterocycles. The molecule has 24 heteroatoms. The summed E-state index contributed by atoms with van der Waals surface area (Å²) in [6, 6.07) is 8.03. The quantitative estimate of drug-likeness (QED) is 0.0867. The van der Waals surface area contributed by atoms with Gasteiger partial charge in [-0.3, -0.25) is 19.8 Å². The minimum absolute atomic E-state index is 0.0933. The third-order valence-corrected chi connectivity index (χ3v) is 12.4. The highest BCUT2D eigenvalue weighted by atomic mass is 19.4. The van der Waals surface area contributed by atoms with Gasteiger partial charge in [-0.2, -0.15) is 26.3 Å². The van der Waals surface area contributed by atoms with E-state index in [4.69, 9.17) is 15.2 Å². The number of nitrogens with one attached hydrogen (secondary N) is 1. The van der Waals surface area contributed by atoms with E-state index in [9.17, 15) is 46.0 Å². The summed E-state index contributed by atoms with van der Waals surface area (Å²) in [6.07, 6.45) is -4.86. The summed E-state index contributed by atoms with van der Waals surface area (Å²) in [7, 11) is 0. The van der Waals surface area contributed by atoms with Crippen molar-refractivity contribution < 1.29 is 50.3 Å². The number of pyridine rings is 3.